The second kappa shape index (κ2) is 9.43. The highest BCUT2D eigenvalue weighted by Crippen LogP contribution is 2.38. The molecule has 0 aliphatic heterocycles. The van der Waals surface area contributed by atoms with Crippen LogP contribution in [0.15, 0.2) is 58.8 Å². The number of quaternary nitrogens is 1. The van der Waals surface area contributed by atoms with E-state index in [1.165, 1.54) is 17.0 Å². The van der Waals surface area contributed by atoms with Gasteiger partial charge in [0.25, 0.3) is 5.91 Å². The van der Waals surface area contributed by atoms with Gasteiger partial charge in [-0.3, -0.25) is 4.79 Å². The minimum Gasteiger partial charge on any atom is -0.493 e. The van der Waals surface area contributed by atoms with E-state index in [1.54, 1.807) is 12.1 Å². The van der Waals surface area contributed by atoms with Crippen LogP contribution < -0.4 is 4.90 Å². The van der Waals surface area contributed by atoms with E-state index in [2.05, 4.69) is 24.1 Å². The van der Waals surface area contributed by atoms with Gasteiger partial charge in [0.2, 0.25) is 5.88 Å². The van der Waals surface area contributed by atoms with Crippen LogP contribution in [0.2, 0.25) is 0 Å². The van der Waals surface area contributed by atoms with Gasteiger partial charge in [0.05, 0.1) is 38.1 Å². The maximum Gasteiger partial charge on any atom is 0.269 e. The minimum absolute atomic E-state index is 0.0103. The van der Waals surface area contributed by atoms with Gasteiger partial charge in [-0.05, 0) is 37.6 Å². The summed E-state index contributed by atoms with van der Waals surface area (Å²) in [5.41, 5.74) is 1.81. The minimum atomic E-state index is -0.458. The third-order valence-corrected chi connectivity index (χ3v) is 5.14. The summed E-state index contributed by atoms with van der Waals surface area (Å²) in [6, 6.07) is 13.2. The van der Waals surface area contributed by atoms with E-state index >= 15 is 0 Å². The molecular formula is C22H26FN4O2+. The molecule has 7 heteroatoms. The first-order valence-electron chi connectivity index (χ1n) is 9.86. The number of aromatic nitrogens is 1. The Hall–Kier alpha value is -3.06. The molecule has 2 aromatic carbocycles. The Morgan fingerprint density at radius 1 is 1.10 bits per heavy atom. The van der Waals surface area contributed by atoms with E-state index in [0.29, 0.717) is 17.8 Å². The van der Waals surface area contributed by atoms with Gasteiger partial charge in [-0.15, -0.1) is 10.2 Å². The molecule has 0 spiro atoms. The third-order valence-electron chi connectivity index (χ3n) is 5.14. The van der Waals surface area contributed by atoms with Crippen LogP contribution in [0, 0.1) is 5.82 Å². The highest BCUT2D eigenvalue weighted by molar-refractivity contribution is 5.95. The number of benzene rings is 2. The van der Waals surface area contributed by atoms with E-state index in [0.717, 1.165) is 30.5 Å². The molecule has 152 valence electrons. The molecule has 2 N–H and O–H groups in total. The molecule has 0 bridgehead atoms. The Morgan fingerprint density at radius 2 is 1.79 bits per heavy atom. The molecule has 0 saturated heterocycles. The Kier molecular flexibility index (Phi) is 6.72. The summed E-state index contributed by atoms with van der Waals surface area (Å²) in [4.78, 5) is 13.6. The number of likely N-dealkylation sites (N-methyl/N-ethyl adjacent to an activating group) is 1. The predicted molar refractivity (Wildman–Crippen MR) is 110 cm³/mol. The van der Waals surface area contributed by atoms with E-state index in [-0.39, 0.29) is 18.1 Å². The van der Waals surface area contributed by atoms with E-state index < -0.39 is 5.91 Å². The van der Waals surface area contributed by atoms with Crippen LogP contribution in [-0.4, -0.2) is 35.2 Å². The smallest absolute Gasteiger partial charge is 0.269 e. The second-order valence-corrected chi connectivity index (χ2v) is 6.95. The van der Waals surface area contributed by atoms with Crippen molar-refractivity contribution in [2.75, 3.05) is 19.6 Å². The Balaban J connectivity index is 1.83. The Morgan fingerprint density at radius 3 is 2.48 bits per heavy atom. The number of rotatable bonds is 8. The number of aromatic hydroxyl groups is 1. The van der Waals surface area contributed by atoms with Gasteiger partial charge in [-0.2, -0.15) is 0 Å². The summed E-state index contributed by atoms with van der Waals surface area (Å²) in [5, 5.41) is 19.3. The first-order chi connectivity index (χ1) is 14.0. The van der Waals surface area contributed by atoms with E-state index in [4.69, 9.17) is 0 Å². The molecule has 0 aliphatic carbocycles. The lowest BCUT2D eigenvalue weighted by Crippen LogP contribution is -3.11. The first-order valence-corrected chi connectivity index (χ1v) is 9.86. The zero-order chi connectivity index (χ0) is 20.8. The number of carbonyl (C=O) groups excluding carboxylic acids is 1. The van der Waals surface area contributed by atoms with Gasteiger partial charge >= 0.3 is 0 Å². The molecule has 6 nitrogen and oxygen atoms in total. The normalized spacial score (nSPS) is 11.7. The molecule has 3 aromatic rings. The lowest BCUT2D eigenvalue weighted by Gasteiger charge is -2.16. The molecule has 0 fully saturated rings. The van der Waals surface area contributed by atoms with Gasteiger partial charge in [-0.1, -0.05) is 30.3 Å². The fourth-order valence-corrected chi connectivity index (χ4v) is 3.39. The number of carbonyl (C=O) groups is 1. The quantitative estimate of drug-likeness (QED) is 0.573. The van der Waals surface area contributed by atoms with Crippen LogP contribution >= 0.6 is 0 Å². The average Bonchev–Trinajstić information content (AvgIpc) is 3.00. The van der Waals surface area contributed by atoms with Gasteiger partial charge in [0.15, 0.2) is 5.69 Å². The zero-order valence-electron chi connectivity index (χ0n) is 16.7. The number of hydrogen-bond acceptors (Lipinski definition) is 3. The number of para-hydroxylation sites is 1. The third kappa shape index (κ3) is 4.86. The van der Waals surface area contributed by atoms with E-state index in [9.17, 15) is 14.3 Å². The highest BCUT2D eigenvalue weighted by Gasteiger charge is 2.18. The maximum absolute atomic E-state index is 13.0. The summed E-state index contributed by atoms with van der Waals surface area (Å²) >= 11 is 0. The van der Waals surface area contributed by atoms with Gasteiger partial charge < -0.3 is 14.6 Å². The molecule has 1 aromatic heterocycles. The largest absolute Gasteiger partial charge is 0.493 e. The summed E-state index contributed by atoms with van der Waals surface area (Å²) in [5.74, 6) is -0.802. The number of azo groups is 1. The van der Waals surface area contributed by atoms with Crippen LogP contribution in [0.5, 0.6) is 5.88 Å². The molecule has 0 radical (unpaired) electrons. The average molecular weight is 397 g/mol. The van der Waals surface area contributed by atoms with Crippen molar-refractivity contribution in [3.63, 3.8) is 0 Å². The maximum atomic E-state index is 13.0. The van der Waals surface area contributed by atoms with Crippen LogP contribution in [0.3, 0.4) is 0 Å². The Labute approximate surface area is 169 Å². The number of nitrogens with zero attached hydrogens (tertiary/aromatic N) is 3. The molecule has 29 heavy (non-hydrogen) atoms. The molecule has 1 amide bonds. The van der Waals surface area contributed by atoms with Crippen molar-refractivity contribution < 1.29 is 19.2 Å². The van der Waals surface area contributed by atoms with E-state index in [1.807, 2.05) is 28.8 Å². The van der Waals surface area contributed by atoms with Crippen LogP contribution in [0.25, 0.3) is 10.9 Å². The van der Waals surface area contributed by atoms with Crippen molar-refractivity contribution in [2.24, 2.45) is 10.2 Å². The highest BCUT2D eigenvalue weighted by atomic mass is 19.1. The SMILES string of the molecule is CC[NH+](CC)CCn1c(O)c(N=NC(=O)Cc2ccc(F)cc2)c2ccccc21. The first kappa shape index (κ1) is 20.7. The fraction of sp³-hybridized carbons (Fsp3) is 0.318. The number of fused-ring (bicyclic) bond motifs is 1. The molecule has 0 atom stereocenters. The molecule has 0 unspecified atom stereocenters. The summed E-state index contributed by atoms with van der Waals surface area (Å²) in [6.45, 7) is 7.82. The monoisotopic (exact) mass is 397 g/mol. The molecular weight excluding hydrogens is 371 g/mol. The Bertz CT molecular complexity index is 1010. The second-order valence-electron chi connectivity index (χ2n) is 6.95. The summed E-state index contributed by atoms with van der Waals surface area (Å²) in [6.07, 6.45) is 0.0223. The van der Waals surface area contributed by atoms with Crippen molar-refractivity contribution in [1.29, 1.82) is 0 Å². The number of halogens is 1. The zero-order valence-corrected chi connectivity index (χ0v) is 16.7. The number of amides is 1. The van der Waals surface area contributed by atoms with Crippen molar-refractivity contribution in [3.8, 4) is 5.88 Å². The molecule has 1 heterocycles. The lowest BCUT2D eigenvalue weighted by molar-refractivity contribution is -0.897. The van der Waals surface area contributed by atoms with Gasteiger partial charge in [0, 0.05) is 5.39 Å². The number of hydrogen-bond donors (Lipinski definition) is 2. The van der Waals surface area contributed by atoms with Crippen molar-refractivity contribution >= 4 is 22.5 Å². The predicted octanol–water partition coefficient (Wildman–Crippen LogP) is 3.26. The standard InChI is InChI=1S/C22H25FN4O2/c1-3-26(4-2)13-14-27-19-8-6-5-7-18(19)21(22(27)29)25-24-20(28)15-16-9-11-17(23)12-10-16/h5-12,29H,3-4,13-15H2,1-2H3/p+1. The fourth-order valence-electron chi connectivity index (χ4n) is 3.39. The molecule has 0 aliphatic rings. The molecule has 0 saturated carbocycles. The van der Waals surface area contributed by atoms with Crippen molar-refractivity contribution in [2.45, 2.75) is 26.8 Å². The van der Waals surface area contributed by atoms with Crippen LogP contribution in [0.1, 0.15) is 19.4 Å². The topological polar surface area (TPSA) is 71.4 Å². The number of nitrogens with one attached hydrogen (secondary N) is 1. The van der Waals surface area contributed by atoms with Crippen LogP contribution in [0.4, 0.5) is 10.1 Å². The lowest BCUT2D eigenvalue weighted by atomic mass is 10.1. The molecule has 3 rings (SSSR count). The summed E-state index contributed by atoms with van der Waals surface area (Å²) in [7, 11) is 0. The summed E-state index contributed by atoms with van der Waals surface area (Å²) < 4.78 is 14.8. The van der Waals surface area contributed by atoms with Crippen molar-refractivity contribution in [1.82, 2.24) is 4.57 Å². The van der Waals surface area contributed by atoms with Gasteiger partial charge in [0.1, 0.15) is 5.82 Å². The van der Waals surface area contributed by atoms with Crippen LogP contribution in [-0.2, 0) is 17.8 Å². The van der Waals surface area contributed by atoms with Crippen molar-refractivity contribution in [3.05, 3.63) is 59.9 Å². The van der Waals surface area contributed by atoms with Gasteiger partial charge in [-0.25, -0.2) is 4.39 Å².